The third-order valence-electron chi connectivity index (χ3n) is 4.04. The monoisotopic (exact) mass is 366 g/mol. The molecule has 9 nitrogen and oxygen atoms in total. The predicted molar refractivity (Wildman–Crippen MR) is 95.2 cm³/mol. The van der Waals surface area contributed by atoms with E-state index in [2.05, 4.69) is 30.7 Å². The minimum Gasteiger partial charge on any atom is -0.368 e. The zero-order valence-corrected chi connectivity index (χ0v) is 14.5. The van der Waals surface area contributed by atoms with Crippen LogP contribution in [0.1, 0.15) is 41.0 Å². The van der Waals surface area contributed by atoms with Crippen LogP contribution < -0.4 is 10.6 Å². The Bertz CT molecular complexity index is 891. The molecule has 3 aromatic rings. The smallest absolute Gasteiger partial charge is 0.255 e. The van der Waals surface area contributed by atoms with Crippen molar-refractivity contribution in [3.05, 3.63) is 60.0 Å². The lowest BCUT2D eigenvalue weighted by Gasteiger charge is -2.05. The molecule has 3 heterocycles. The second-order valence-electron chi connectivity index (χ2n) is 6.02. The number of rotatable bonds is 6. The summed E-state index contributed by atoms with van der Waals surface area (Å²) >= 11 is 0. The molecule has 9 heteroatoms. The molecule has 0 spiro atoms. The number of carbonyl (C=O) groups excluding carboxylic acids is 1. The molecular formula is C18H18N6O3. The molecule has 138 valence electrons. The Morgan fingerprint density at radius 1 is 1.19 bits per heavy atom. The van der Waals surface area contributed by atoms with Crippen LogP contribution >= 0.6 is 0 Å². The molecule has 0 radical (unpaired) electrons. The molecule has 0 unspecified atom stereocenters. The van der Waals surface area contributed by atoms with Crippen LogP contribution in [-0.2, 0) is 11.3 Å². The van der Waals surface area contributed by atoms with Crippen molar-refractivity contribution in [2.24, 2.45) is 0 Å². The van der Waals surface area contributed by atoms with E-state index >= 15 is 0 Å². The van der Waals surface area contributed by atoms with E-state index in [0.29, 0.717) is 29.8 Å². The molecule has 1 saturated heterocycles. The van der Waals surface area contributed by atoms with Crippen molar-refractivity contribution in [1.82, 2.24) is 25.4 Å². The number of para-hydroxylation sites is 1. The van der Waals surface area contributed by atoms with E-state index in [9.17, 15) is 4.79 Å². The minimum atomic E-state index is -0.315. The molecule has 1 aromatic carbocycles. The summed E-state index contributed by atoms with van der Waals surface area (Å²) in [5.41, 5.74) is 1.21. The third kappa shape index (κ3) is 4.26. The quantitative estimate of drug-likeness (QED) is 0.683. The van der Waals surface area contributed by atoms with Crippen LogP contribution in [0.2, 0.25) is 0 Å². The highest BCUT2D eigenvalue weighted by Crippen LogP contribution is 2.26. The van der Waals surface area contributed by atoms with Gasteiger partial charge in [0.1, 0.15) is 6.10 Å². The number of nitrogens with one attached hydrogen (secondary N) is 2. The fraction of sp³-hybridized carbons (Fsp3) is 0.278. The molecule has 1 atom stereocenters. The highest BCUT2D eigenvalue weighted by Gasteiger charge is 2.23. The Hall–Kier alpha value is -3.33. The molecule has 4 rings (SSSR count). The number of hydrogen-bond acceptors (Lipinski definition) is 8. The van der Waals surface area contributed by atoms with Crippen LogP contribution in [0, 0.1) is 0 Å². The average Bonchev–Trinajstić information content (AvgIpc) is 3.39. The number of amides is 1. The second kappa shape index (κ2) is 7.92. The fourth-order valence-corrected chi connectivity index (χ4v) is 2.66. The highest BCUT2D eigenvalue weighted by atomic mass is 16.5. The molecule has 1 fully saturated rings. The van der Waals surface area contributed by atoms with Gasteiger partial charge in [-0.1, -0.05) is 23.4 Å². The largest absolute Gasteiger partial charge is 0.368 e. The normalized spacial score (nSPS) is 16.2. The summed E-state index contributed by atoms with van der Waals surface area (Å²) < 4.78 is 10.7. The Labute approximate surface area is 155 Å². The van der Waals surface area contributed by atoms with Crippen LogP contribution in [-0.4, -0.2) is 32.6 Å². The summed E-state index contributed by atoms with van der Waals surface area (Å²) in [5.74, 6) is 0.954. The van der Waals surface area contributed by atoms with Crippen LogP contribution in [0.3, 0.4) is 0 Å². The van der Waals surface area contributed by atoms with E-state index in [1.165, 1.54) is 12.4 Å². The van der Waals surface area contributed by atoms with Gasteiger partial charge < -0.3 is 19.9 Å². The maximum absolute atomic E-state index is 12.2. The molecule has 1 aliphatic heterocycles. The standard InChI is InChI=1S/C18H18N6O3/c25-16(19-11-15-23-17(27-24-15)14-7-4-8-26-14)12-9-20-18(21-10-12)22-13-5-2-1-3-6-13/h1-3,5-6,9-10,14H,4,7-8,11H2,(H,19,25)(H,20,21,22)/t14-/m1/s1. The van der Waals surface area contributed by atoms with Gasteiger partial charge in [-0.25, -0.2) is 9.97 Å². The highest BCUT2D eigenvalue weighted by molar-refractivity contribution is 5.93. The summed E-state index contributed by atoms with van der Waals surface area (Å²) in [4.78, 5) is 24.8. The fourth-order valence-electron chi connectivity index (χ4n) is 2.66. The van der Waals surface area contributed by atoms with Gasteiger partial charge in [0.15, 0.2) is 5.82 Å². The number of anilines is 2. The van der Waals surface area contributed by atoms with Crippen molar-refractivity contribution in [3.63, 3.8) is 0 Å². The molecule has 27 heavy (non-hydrogen) atoms. The second-order valence-corrected chi connectivity index (χ2v) is 6.02. The molecule has 2 aromatic heterocycles. The van der Waals surface area contributed by atoms with Gasteiger partial charge in [0, 0.05) is 24.7 Å². The first-order valence-electron chi connectivity index (χ1n) is 8.64. The van der Waals surface area contributed by atoms with Crippen LogP contribution in [0.4, 0.5) is 11.6 Å². The number of hydrogen-bond donors (Lipinski definition) is 2. The number of nitrogens with zero attached hydrogens (tertiary/aromatic N) is 4. The van der Waals surface area contributed by atoms with E-state index < -0.39 is 0 Å². The summed E-state index contributed by atoms with van der Waals surface area (Å²) in [7, 11) is 0. The molecule has 1 aliphatic rings. The lowest BCUT2D eigenvalue weighted by Crippen LogP contribution is -2.23. The van der Waals surface area contributed by atoms with E-state index in [0.717, 1.165) is 18.5 Å². The van der Waals surface area contributed by atoms with Crippen LogP contribution in [0.15, 0.2) is 47.2 Å². The molecule has 1 amide bonds. The molecule has 0 saturated carbocycles. The summed E-state index contributed by atoms with van der Waals surface area (Å²) in [6.07, 6.45) is 4.63. The van der Waals surface area contributed by atoms with Gasteiger partial charge in [0.05, 0.1) is 12.1 Å². The van der Waals surface area contributed by atoms with Gasteiger partial charge in [0.25, 0.3) is 11.8 Å². The Kier molecular flexibility index (Phi) is 5.01. The SMILES string of the molecule is O=C(NCc1noc([C@H]2CCCO2)n1)c1cnc(Nc2ccccc2)nc1. The molecular weight excluding hydrogens is 348 g/mol. The van der Waals surface area contributed by atoms with E-state index in [1.54, 1.807) is 0 Å². The molecule has 2 N–H and O–H groups in total. The van der Waals surface area contributed by atoms with Crippen molar-refractivity contribution in [2.45, 2.75) is 25.5 Å². The van der Waals surface area contributed by atoms with Crippen molar-refractivity contribution >= 4 is 17.5 Å². The Morgan fingerprint density at radius 3 is 2.74 bits per heavy atom. The van der Waals surface area contributed by atoms with Crippen molar-refractivity contribution in [3.8, 4) is 0 Å². The van der Waals surface area contributed by atoms with Gasteiger partial charge in [-0.05, 0) is 25.0 Å². The molecule has 0 bridgehead atoms. The minimum absolute atomic E-state index is 0.139. The predicted octanol–water partition coefficient (Wildman–Crippen LogP) is 2.38. The first-order valence-corrected chi connectivity index (χ1v) is 8.64. The van der Waals surface area contributed by atoms with Gasteiger partial charge in [-0.15, -0.1) is 0 Å². The lowest BCUT2D eigenvalue weighted by atomic mass is 10.2. The first-order chi connectivity index (χ1) is 13.3. The Balaban J connectivity index is 1.31. The van der Waals surface area contributed by atoms with Gasteiger partial charge in [0.2, 0.25) is 5.95 Å². The number of benzene rings is 1. The van der Waals surface area contributed by atoms with Crippen molar-refractivity contribution < 1.29 is 14.1 Å². The number of ether oxygens (including phenoxy) is 1. The van der Waals surface area contributed by atoms with Crippen molar-refractivity contribution in [1.29, 1.82) is 0 Å². The zero-order chi connectivity index (χ0) is 18.5. The van der Waals surface area contributed by atoms with Crippen LogP contribution in [0.5, 0.6) is 0 Å². The van der Waals surface area contributed by atoms with E-state index in [4.69, 9.17) is 9.26 Å². The van der Waals surface area contributed by atoms with E-state index in [1.807, 2.05) is 30.3 Å². The summed E-state index contributed by atoms with van der Waals surface area (Å²) in [5, 5.41) is 9.65. The zero-order valence-electron chi connectivity index (χ0n) is 14.5. The topological polar surface area (TPSA) is 115 Å². The van der Waals surface area contributed by atoms with Gasteiger partial charge in [-0.2, -0.15) is 4.98 Å². The van der Waals surface area contributed by atoms with Crippen molar-refractivity contribution in [2.75, 3.05) is 11.9 Å². The first kappa shape index (κ1) is 17.1. The van der Waals surface area contributed by atoms with E-state index in [-0.39, 0.29) is 18.6 Å². The van der Waals surface area contributed by atoms with Gasteiger partial charge in [-0.3, -0.25) is 4.79 Å². The Morgan fingerprint density at radius 2 is 2.00 bits per heavy atom. The average molecular weight is 366 g/mol. The lowest BCUT2D eigenvalue weighted by molar-refractivity contribution is 0.0835. The maximum Gasteiger partial charge on any atom is 0.255 e. The summed E-state index contributed by atoms with van der Waals surface area (Å²) in [6.45, 7) is 0.854. The van der Waals surface area contributed by atoms with Gasteiger partial charge >= 0.3 is 0 Å². The van der Waals surface area contributed by atoms with Crippen LogP contribution in [0.25, 0.3) is 0 Å². The number of aromatic nitrogens is 4. The molecule has 0 aliphatic carbocycles. The number of carbonyl (C=O) groups is 1. The summed E-state index contributed by atoms with van der Waals surface area (Å²) in [6, 6.07) is 9.55. The third-order valence-corrected chi connectivity index (χ3v) is 4.04. The maximum atomic E-state index is 12.2.